The van der Waals surface area contributed by atoms with Crippen LogP contribution >= 0.6 is 0 Å². The van der Waals surface area contributed by atoms with Crippen molar-refractivity contribution < 1.29 is 18.1 Å². The fourth-order valence-corrected chi connectivity index (χ4v) is 4.62. The number of benzene rings is 1. The van der Waals surface area contributed by atoms with Crippen molar-refractivity contribution in [1.29, 1.82) is 0 Å². The second-order valence-corrected chi connectivity index (χ2v) is 8.57. The maximum absolute atomic E-state index is 13.0. The van der Waals surface area contributed by atoms with E-state index in [2.05, 4.69) is 12.2 Å². The molecular formula is C16H23N3O5S. The number of nitro groups is 1. The molecule has 1 aliphatic heterocycles. The zero-order valence-corrected chi connectivity index (χ0v) is 15.0. The van der Waals surface area contributed by atoms with Crippen LogP contribution in [-0.2, 0) is 14.8 Å². The third-order valence-electron chi connectivity index (χ3n) is 5.12. The van der Waals surface area contributed by atoms with Crippen molar-refractivity contribution in [3.63, 3.8) is 0 Å². The summed E-state index contributed by atoms with van der Waals surface area (Å²) in [6.07, 6.45) is 3.27. The van der Waals surface area contributed by atoms with Crippen LogP contribution in [0.25, 0.3) is 0 Å². The molecular weight excluding hydrogens is 346 g/mol. The van der Waals surface area contributed by atoms with E-state index in [-0.39, 0.29) is 29.1 Å². The molecule has 1 heterocycles. The summed E-state index contributed by atoms with van der Waals surface area (Å²) in [6.45, 7) is 3.96. The summed E-state index contributed by atoms with van der Waals surface area (Å²) in [7, 11) is -3.82. The Morgan fingerprint density at radius 3 is 2.56 bits per heavy atom. The Kier molecular flexibility index (Phi) is 4.99. The smallest absolute Gasteiger partial charge is 0.270 e. The van der Waals surface area contributed by atoms with Crippen LogP contribution in [0.5, 0.6) is 0 Å². The molecule has 2 aliphatic rings. The van der Waals surface area contributed by atoms with Crippen molar-refractivity contribution in [1.82, 2.24) is 4.31 Å². The van der Waals surface area contributed by atoms with Crippen LogP contribution in [0.4, 0.5) is 11.4 Å². The lowest BCUT2D eigenvalue weighted by molar-refractivity contribution is -0.385. The molecule has 9 heteroatoms. The zero-order valence-electron chi connectivity index (χ0n) is 14.2. The average molecular weight is 369 g/mol. The third kappa shape index (κ3) is 3.78. The Bertz CT molecular complexity index is 755. The summed E-state index contributed by atoms with van der Waals surface area (Å²) in [4.78, 5) is 10.5. The monoisotopic (exact) mass is 369 g/mol. The highest BCUT2D eigenvalue weighted by molar-refractivity contribution is 7.89. The van der Waals surface area contributed by atoms with Crippen LogP contribution in [0.1, 0.15) is 26.2 Å². The largest absolute Gasteiger partial charge is 0.383 e. The van der Waals surface area contributed by atoms with Gasteiger partial charge in [0, 0.05) is 31.8 Å². The molecule has 3 rings (SSSR count). The molecule has 0 spiro atoms. The number of nitrogens with zero attached hydrogens (tertiary/aromatic N) is 2. The van der Waals surface area contributed by atoms with E-state index in [0.717, 1.165) is 25.3 Å². The molecule has 0 bridgehead atoms. The van der Waals surface area contributed by atoms with Crippen LogP contribution in [0, 0.1) is 15.5 Å². The first-order chi connectivity index (χ1) is 11.9. The molecule has 1 saturated carbocycles. The van der Waals surface area contributed by atoms with Crippen molar-refractivity contribution in [3.05, 3.63) is 28.3 Å². The summed E-state index contributed by atoms with van der Waals surface area (Å²) >= 11 is 0. The maximum Gasteiger partial charge on any atom is 0.270 e. The summed E-state index contributed by atoms with van der Waals surface area (Å²) in [5.41, 5.74) is 0.424. The fraction of sp³-hybridized carbons (Fsp3) is 0.625. The molecule has 0 radical (unpaired) electrons. The normalized spacial score (nSPS) is 20.2. The van der Waals surface area contributed by atoms with E-state index in [4.69, 9.17) is 4.74 Å². The van der Waals surface area contributed by atoms with E-state index in [1.807, 2.05) is 0 Å². The van der Waals surface area contributed by atoms with Crippen molar-refractivity contribution in [2.75, 3.05) is 38.2 Å². The van der Waals surface area contributed by atoms with Gasteiger partial charge in [-0.15, -0.1) is 0 Å². The minimum atomic E-state index is -3.82. The Morgan fingerprint density at radius 2 is 2.00 bits per heavy atom. The van der Waals surface area contributed by atoms with E-state index >= 15 is 0 Å². The van der Waals surface area contributed by atoms with Gasteiger partial charge in [-0.1, -0.05) is 6.92 Å². The highest BCUT2D eigenvalue weighted by atomic mass is 32.2. The van der Waals surface area contributed by atoms with Crippen molar-refractivity contribution in [3.8, 4) is 0 Å². The lowest BCUT2D eigenvalue weighted by atomic mass is 10.0. The molecule has 1 aromatic carbocycles. The topological polar surface area (TPSA) is 102 Å². The van der Waals surface area contributed by atoms with Gasteiger partial charge in [0.1, 0.15) is 4.90 Å². The van der Waals surface area contributed by atoms with Gasteiger partial charge >= 0.3 is 0 Å². The Morgan fingerprint density at radius 1 is 1.32 bits per heavy atom. The minimum Gasteiger partial charge on any atom is -0.383 e. The van der Waals surface area contributed by atoms with Crippen molar-refractivity contribution >= 4 is 21.4 Å². The summed E-state index contributed by atoms with van der Waals surface area (Å²) in [5.74, 6) is 0. The highest BCUT2D eigenvalue weighted by Gasteiger charge is 2.40. The molecule has 2 fully saturated rings. The van der Waals surface area contributed by atoms with Gasteiger partial charge < -0.3 is 10.1 Å². The van der Waals surface area contributed by atoms with Gasteiger partial charge in [-0.05, 0) is 30.7 Å². The van der Waals surface area contributed by atoms with Crippen LogP contribution in [0.3, 0.4) is 0 Å². The predicted molar refractivity (Wildman–Crippen MR) is 93.1 cm³/mol. The zero-order chi connectivity index (χ0) is 18.1. The first-order valence-corrected chi connectivity index (χ1v) is 9.92. The minimum absolute atomic E-state index is 0.0319. The number of morpholine rings is 1. The lowest BCUT2D eigenvalue weighted by Crippen LogP contribution is -2.40. The maximum atomic E-state index is 13.0. The van der Waals surface area contributed by atoms with E-state index < -0.39 is 14.9 Å². The van der Waals surface area contributed by atoms with E-state index in [1.165, 1.54) is 16.4 Å². The number of sulfonamides is 1. The number of anilines is 1. The van der Waals surface area contributed by atoms with Crippen molar-refractivity contribution in [2.24, 2.45) is 5.41 Å². The second kappa shape index (κ2) is 6.89. The number of rotatable bonds is 7. The van der Waals surface area contributed by atoms with E-state index in [0.29, 0.717) is 25.4 Å². The summed E-state index contributed by atoms with van der Waals surface area (Å²) in [5, 5.41) is 14.3. The number of nitro benzene ring substituents is 1. The number of non-ortho nitro benzene ring substituents is 1. The molecule has 1 saturated heterocycles. The van der Waals surface area contributed by atoms with Gasteiger partial charge in [0.25, 0.3) is 5.69 Å². The molecule has 1 N–H and O–H groups in total. The SMILES string of the molecule is CCC1(CNc2ccc([N+](=O)[O-])cc2S(=O)(=O)N2CCOCC2)CC1. The first kappa shape index (κ1) is 18.1. The predicted octanol–water partition coefficient (Wildman–Crippen LogP) is 2.22. The second-order valence-electron chi connectivity index (χ2n) is 6.66. The standard InChI is InChI=1S/C16H23N3O5S/c1-2-16(5-6-16)12-17-14-4-3-13(19(20)21)11-15(14)25(22,23)18-7-9-24-10-8-18/h3-4,11,17H,2,5-10,12H2,1H3. The quantitative estimate of drug-likeness (QED) is 0.584. The van der Waals surface area contributed by atoms with Crippen LogP contribution < -0.4 is 5.32 Å². The van der Waals surface area contributed by atoms with E-state index in [9.17, 15) is 18.5 Å². The van der Waals surface area contributed by atoms with Crippen molar-refractivity contribution in [2.45, 2.75) is 31.1 Å². The van der Waals surface area contributed by atoms with Crippen LogP contribution in [0.15, 0.2) is 23.1 Å². The molecule has 0 unspecified atom stereocenters. The molecule has 1 aliphatic carbocycles. The van der Waals surface area contributed by atoms with Crippen LogP contribution in [-0.4, -0.2) is 50.5 Å². The molecule has 25 heavy (non-hydrogen) atoms. The molecule has 1 aromatic rings. The summed E-state index contributed by atoms with van der Waals surface area (Å²) < 4.78 is 32.5. The Balaban J connectivity index is 1.93. The number of ether oxygens (including phenoxy) is 1. The fourth-order valence-electron chi connectivity index (χ4n) is 3.02. The van der Waals surface area contributed by atoms with Gasteiger partial charge in [-0.25, -0.2) is 8.42 Å². The third-order valence-corrected chi connectivity index (χ3v) is 7.06. The van der Waals surface area contributed by atoms with Gasteiger partial charge in [-0.3, -0.25) is 10.1 Å². The molecule has 0 atom stereocenters. The van der Waals surface area contributed by atoms with Gasteiger partial charge in [0.2, 0.25) is 10.0 Å². The average Bonchev–Trinajstić information content (AvgIpc) is 3.41. The van der Waals surface area contributed by atoms with E-state index in [1.54, 1.807) is 0 Å². The first-order valence-electron chi connectivity index (χ1n) is 8.48. The Labute approximate surface area is 147 Å². The lowest BCUT2D eigenvalue weighted by Gasteiger charge is -2.27. The van der Waals surface area contributed by atoms with Gasteiger partial charge in [-0.2, -0.15) is 4.31 Å². The van der Waals surface area contributed by atoms with Gasteiger partial charge in [0.05, 0.1) is 23.8 Å². The number of hydrogen-bond acceptors (Lipinski definition) is 6. The van der Waals surface area contributed by atoms with Gasteiger partial charge in [0.15, 0.2) is 0 Å². The highest BCUT2D eigenvalue weighted by Crippen LogP contribution is 2.48. The molecule has 0 amide bonds. The molecule has 138 valence electrons. The molecule has 0 aromatic heterocycles. The number of nitrogens with one attached hydrogen (secondary N) is 1. The summed E-state index contributed by atoms with van der Waals surface area (Å²) in [6, 6.07) is 3.99. The van der Waals surface area contributed by atoms with Crippen LogP contribution in [0.2, 0.25) is 0 Å². The Hall–Kier alpha value is -1.71. The molecule has 8 nitrogen and oxygen atoms in total. The number of hydrogen-bond donors (Lipinski definition) is 1.